The lowest BCUT2D eigenvalue weighted by molar-refractivity contribution is -0.136. The average molecular weight is 289 g/mol. The minimum Gasteiger partial charge on any atom is -0.346 e. The molecule has 1 N–H and O–H groups in total. The summed E-state index contributed by atoms with van der Waals surface area (Å²) >= 11 is 0. The number of nitrogens with one attached hydrogen (secondary N) is 1. The highest BCUT2D eigenvalue weighted by Crippen LogP contribution is 2.27. The molecule has 1 saturated heterocycles. The van der Waals surface area contributed by atoms with Gasteiger partial charge in [-0.1, -0.05) is 13.5 Å². The van der Waals surface area contributed by atoms with Gasteiger partial charge < -0.3 is 10.2 Å². The van der Waals surface area contributed by atoms with Gasteiger partial charge in [0.2, 0.25) is 11.8 Å². The van der Waals surface area contributed by atoms with Crippen molar-refractivity contribution in [2.45, 2.75) is 25.3 Å². The fraction of sp³-hybridized carbons (Fsp3) is 0.692. The smallest absolute Gasteiger partial charge is 0.280 e. The van der Waals surface area contributed by atoms with Crippen molar-refractivity contribution < 1.29 is 18.4 Å². The number of piperidine rings is 1. The van der Waals surface area contributed by atoms with Crippen molar-refractivity contribution in [3.8, 4) is 0 Å². The SMILES string of the molecule is C=CC(=O)N(C)CC(=O)NC1CCN(CC)CC1(F)F. The van der Waals surface area contributed by atoms with E-state index in [0.717, 1.165) is 11.0 Å². The highest BCUT2D eigenvalue weighted by atomic mass is 19.3. The fourth-order valence-electron chi connectivity index (χ4n) is 2.15. The van der Waals surface area contributed by atoms with Gasteiger partial charge in [0.25, 0.3) is 5.92 Å². The first-order chi connectivity index (χ1) is 9.30. The van der Waals surface area contributed by atoms with Crippen molar-refractivity contribution in [1.29, 1.82) is 0 Å². The zero-order valence-corrected chi connectivity index (χ0v) is 11.9. The lowest BCUT2D eigenvalue weighted by atomic mass is 10.0. The molecule has 0 aliphatic carbocycles. The quantitative estimate of drug-likeness (QED) is 0.749. The maximum atomic E-state index is 13.9. The average Bonchev–Trinajstić information content (AvgIpc) is 2.39. The molecule has 0 aromatic carbocycles. The number of amides is 2. The van der Waals surface area contributed by atoms with Crippen LogP contribution in [0.5, 0.6) is 0 Å². The number of rotatable bonds is 5. The molecule has 0 spiro atoms. The van der Waals surface area contributed by atoms with Crippen LogP contribution in [-0.2, 0) is 9.59 Å². The van der Waals surface area contributed by atoms with E-state index in [1.54, 1.807) is 4.90 Å². The summed E-state index contributed by atoms with van der Waals surface area (Å²) in [5, 5.41) is 2.32. The third-order valence-electron chi connectivity index (χ3n) is 3.39. The van der Waals surface area contributed by atoms with Gasteiger partial charge >= 0.3 is 0 Å². The summed E-state index contributed by atoms with van der Waals surface area (Å²) in [5.41, 5.74) is 0. The summed E-state index contributed by atoms with van der Waals surface area (Å²) in [7, 11) is 1.42. The lowest BCUT2D eigenvalue weighted by Crippen LogP contribution is -2.59. The molecule has 0 aromatic rings. The van der Waals surface area contributed by atoms with Gasteiger partial charge in [-0.3, -0.25) is 14.5 Å². The van der Waals surface area contributed by atoms with Crippen molar-refractivity contribution in [3.05, 3.63) is 12.7 Å². The Morgan fingerprint density at radius 1 is 1.55 bits per heavy atom. The zero-order valence-electron chi connectivity index (χ0n) is 11.9. The van der Waals surface area contributed by atoms with Gasteiger partial charge in [-0.2, -0.15) is 0 Å². The molecule has 1 rings (SSSR count). The monoisotopic (exact) mass is 289 g/mol. The summed E-state index contributed by atoms with van der Waals surface area (Å²) in [6, 6.07) is -1.18. The number of hydrogen-bond donors (Lipinski definition) is 1. The van der Waals surface area contributed by atoms with Crippen LogP contribution in [0.3, 0.4) is 0 Å². The second-order valence-electron chi connectivity index (χ2n) is 4.94. The zero-order chi connectivity index (χ0) is 15.3. The number of hydrogen-bond acceptors (Lipinski definition) is 3. The molecular weight excluding hydrogens is 268 g/mol. The van der Waals surface area contributed by atoms with Gasteiger partial charge in [0.15, 0.2) is 0 Å². The molecule has 7 heteroatoms. The predicted octanol–water partition coefficient (Wildman–Crippen LogP) is 0.476. The van der Waals surface area contributed by atoms with Crippen LogP contribution < -0.4 is 5.32 Å². The molecule has 2 amide bonds. The van der Waals surface area contributed by atoms with Gasteiger partial charge in [-0.15, -0.1) is 0 Å². The van der Waals surface area contributed by atoms with Gasteiger partial charge in [-0.25, -0.2) is 8.78 Å². The van der Waals surface area contributed by atoms with E-state index in [1.807, 2.05) is 6.92 Å². The van der Waals surface area contributed by atoms with Gasteiger partial charge in [0, 0.05) is 13.6 Å². The van der Waals surface area contributed by atoms with Gasteiger partial charge in [0.05, 0.1) is 19.1 Å². The molecule has 114 valence electrons. The Hall–Kier alpha value is -1.50. The topological polar surface area (TPSA) is 52.7 Å². The van der Waals surface area contributed by atoms with Crippen molar-refractivity contribution >= 4 is 11.8 Å². The van der Waals surface area contributed by atoms with Crippen LogP contribution in [0.1, 0.15) is 13.3 Å². The molecule has 0 saturated carbocycles. The molecular formula is C13H21F2N3O2. The molecule has 1 unspecified atom stereocenters. The Bertz CT molecular complexity index is 388. The first-order valence-corrected chi connectivity index (χ1v) is 6.57. The number of halogens is 2. The third-order valence-corrected chi connectivity index (χ3v) is 3.39. The Labute approximate surface area is 117 Å². The van der Waals surface area contributed by atoms with Crippen LogP contribution in [0.25, 0.3) is 0 Å². The van der Waals surface area contributed by atoms with Crippen molar-refractivity contribution in [2.24, 2.45) is 0 Å². The molecule has 1 aliphatic heterocycles. The van der Waals surface area contributed by atoms with E-state index >= 15 is 0 Å². The summed E-state index contributed by atoms with van der Waals surface area (Å²) in [4.78, 5) is 25.7. The van der Waals surface area contributed by atoms with E-state index in [0.29, 0.717) is 13.1 Å². The number of likely N-dealkylation sites (N-methyl/N-ethyl adjacent to an activating group) is 1. The van der Waals surface area contributed by atoms with E-state index in [-0.39, 0.29) is 19.5 Å². The normalized spacial score (nSPS) is 22.1. The standard InChI is InChI=1S/C13H21F2N3O2/c1-4-12(20)17(3)8-11(19)16-10-6-7-18(5-2)9-13(10,14)15/h4,10H,1,5-9H2,2-3H3,(H,16,19). The first kappa shape index (κ1) is 16.6. The van der Waals surface area contributed by atoms with E-state index in [2.05, 4.69) is 11.9 Å². The Morgan fingerprint density at radius 2 is 2.20 bits per heavy atom. The molecule has 20 heavy (non-hydrogen) atoms. The van der Waals surface area contributed by atoms with Crippen LogP contribution in [0.2, 0.25) is 0 Å². The molecule has 1 heterocycles. The minimum atomic E-state index is -2.95. The van der Waals surface area contributed by atoms with Gasteiger partial charge in [-0.05, 0) is 19.0 Å². The Morgan fingerprint density at radius 3 is 2.70 bits per heavy atom. The highest BCUT2D eigenvalue weighted by molar-refractivity contribution is 5.90. The second kappa shape index (κ2) is 6.78. The molecule has 1 atom stereocenters. The molecule has 1 fully saturated rings. The summed E-state index contributed by atoms with van der Waals surface area (Å²) < 4.78 is 27.8. The van der Waals surface area contributed by atoms with Crippen LogP contribution >= 0.6 is 0 Å². The number of likely N-dealkylation sites (tertiary alicyclic amines) is 1. The largest absolute Gasteiger partial charge is 0.346 e. The van der Waals surface area contributed by atoms with Crippen LogP contribution in [0, 0.1) is 0 Å². The number of nitrogens with zero attached hydrogens (tertiary/aromatic N) is 2. The maximum absolute atomic E-state index is 13.9. The van der Waals surface area contributed by atoms with E-state index in [9.17, 15) is 18.4 Å². The molecule has 0 radical (unpaired) electrons. The van der Waals surface area contributed by atoms with Crippen LogP contribution in [-0.4, -0.2) is 66.8 Å². The highest BCUT2D eigenvalue weighted by Gasteiger charge is 2.44. The van der Waals surface area contributed by atoms with Crippen molar-refractivity contribution in [3.63, 3.8) is 0 Å². The molecule has 1 aliphatic rings. The van der Waals surface area contributed by atoms with Crippen molar-refractivity contribution in [1.82, 2.24) is 15.1 Å². The lowest BCUT2D eigenvalue weighted by Gasteiger charge is -2.38. The Kier molecular flexibility index (Phi) is 5.62. The number of carbonyl (C=O) groups is 2. The summed E-state index contributed by atoms with van der Waals surface area (Å²) in [6.45, 7) is 5.60. The minimum absolute atomic E-state index is 0.200. The van der Waals surface area contributed by atoms with Crippen LogP contribution in [0.4, 0.5) is 8.78 Å². The summed E-state index contributed by atoms with van der Waals surface area (Å²) in [6.07, 6.45) is 1.27. The second-order valence-corrected chi connectivity index (χ2v) is 4.94. The maximum Gasteiger partial charge on any atom is 0.280 e. The van der Waals surface area contributed by atoms with E-state index in [4.69, 9.17) is 0 Å². The summed E-state index contributed by atoms with van der Waals surface area (Å²) in [5.74, 6) is -3.96. The molecule has 5 nitrogen and oxygen atoms in total. The van der Waals surface area contributed by atoms with E-state index in [1.165, 1.54) is 7.05 Å². The first-order valence-electron chi connectivity index (χ1n) is 6.57. The third kappa shape index (κ3) is 4.26. The predicted molar refractivity (Wildman–Crippen MR) is 71.4 cm³/mol. The van der Waals surface area contributed by atoms with Gasteiger partial charge in [0.1, 0.15) is 0 Å². The van der Waals surface area contributed by atoms with Crippen LogP contribution in [0.15, 0.2) is 12.7 Å². The Balaban J connectivity index is 2.53. The van der Waals surface area contributed by atoms with E-state index < -0.39 is 23.8 Å². The molecule has 0 aromatic heterocycles. The van der Waals surface area contributed by atoms with Crippen molar-refractivity contribution in [2.75, 3.05) is 33.2 Å². The molecule has 0 bridgehead atoms. The number of carbonyl (C=O) groups excluding carboxylic acids is 2. The fourth-order valence-corrected chi connectivity index (χ4v) is 2.15. The number of alkyl halides is 2.